The van der Waals surface area contributed by atoms with Gasteiger partial charge in [-0.25, -0.2) is 9.07 Å². The number of benzene rings is 2. The van der Waals surface area contributed by atoms with Gasteiger partial charge in [-0.15, -0.1) is 0 Å². The minimum Gasteiger partial charge on any atom is -0.342 e. The van der Waals surface area contributed by atoms with Gasteiger partial charge in [-0.1, -0.05) is 30.3 Å². The number of halogens is 1. The fraction of sp³-hybridized carbons (Fsp3) is 0.111. The number of nitrogens with zero attached hydrogens (tertiary/aromatic N) is 3. The molecule has 2 aromatic rings. The topological polar surface area (TPSA) is 39.8 Å². The molecule has 2 heterocycles. The second-order valence-electron chi connectivity index (χ2n) is 5.59. The van der Waals surface area contributed by atoms with Gasteiger partial charge in [-0.3, -0.25) is 4.79 Å². The van der Waals surface area contributed by atoms with Crippen LogP contribution < -0.4 is 5.56 Å². The summed E-state index contributed by atoms with van der Waals surface area (Å²) in [7, 11) is 1.65. The van der Waals surface area contributed by atoms with E-state index in [9.17, 15) is 9.18 Å². The Morgan fingerprint density at radius 1 is 1.09 bits per heavy atom. The molecule has 0 amide bonds. The maximum Gasteiger partial charge on any atom is 0.277 e. The normalized spacial score (nSPS) is 11.4. The average Bonchev–Trinajstić information content (AvgIpc) is 2.85. The molecule has 2 aromatic carbocycles. The molecule has 0 saturated carbocycles. The molecule has 23 heavy (non-hydrogen) atoms. The van der Waals surface area contributed by atoms with Gasteiger partial charge in [0.15, 0.2) is 0 Å². The summed E-state index contributed by atoms with van der Waals surface area (Å²) in [6.07, 6.45) is 1.83. The molecule has 0 saturated heterocycles. The molecule has 5 heteroatoms. The number of hydrogen-bond acceptors (Lipinski definition) is 2. The molecule has 2 aliphatic heterocycles. The first-order valence-corrected chi connectivity index (χ1v) is 7.33. The Balaban J connectivity index is 1.97. The van der Waals surface area contributed by atoms with Crippen LogP contribution in [-0.4, -0.2) is 14.3 Å². The van der Waals surface area contributed by atoms with Crippen molar-refractivity contribution in [3.63, 3.8) is 0 Å². The summed E-state index contributed by atoms with van der Waals surface area (Å²) in [4.78, 5) is 12.3. The lowest BCUT2D eigenvalue weighted by Crippen LogP contribution is -2.13. The van der Waals surface area contributed by atoms with Crippen LogP contribution in [0.3, 0.4) is 0 Å². The van der Waals surface area contributed by atoms with Crippen molar-refractivity contribution >= 4 is 10.9 Å². The summed E-state index contributed by atoms with van der Waals surface area (Å²) in [6, 6.07) is 14.2. The van der Waals surface area contributed by atoms with Crippen molar-refractivity contribution in [3.8, 4) is 11.3 Å². The van der Waals surface area contributed by atoms with E-state index in [0.717, 1.165) is 16.5 Å². The highest BCUT2D eigenvalue weighted by Crippen LogP contribution is 2.27. The second kappa shape index (κ2) is 5.05. The molecule has 0 aliphatic carbocycles. The highest BCUT2D eigenvalue weighted by atomic mass is 19.1. The molecule has 0 spiro atoms. The molecule has 0 radical (unpaired) electrons. The maximum absolute atomic E-state index is 13.1. The SMILES string of the molecule is Cn1nc2c3ccccc3n(Cc3ccc(F)cc3)cc-2c1=O. The minimum absolute atomic E-state index is 0.112. The summed E-state index contributed by atoms with van der Waals surface area (Å²) in [6.45, 7) is 0.561. The lowest BCUT2D eigenvalue weighted by atomic mass is 10.1. The van der Waals surface area contributed by atoms with Crippen LogP contribution >= 0.6 is 0 Å². The van der Waals surface area contributed by atoms with Crippen LogP contribution in [0.5, 0.6) is 0 Å². The molecule has 0 unspecified atom stereocenters. The van der Waals surface area contributed by atoms with Gasteiger partial charge >= 0.3 is 0 Å². The molecule has 114 valence electrons. The second-order valence-corrected chi connectivity index (χ2v) is 5.59. The van der Waals surface area contributed by atoms with E-state index in [1.165, 1.54) is 16.8 Å². The fourth-order valence-corrected chi connectivity index (χ4v) is 2.91. The summed E-state index contributed by atoms with van der Waals surface area (Å²) in [5.74, 6) is -0.256. The Kier molecular flexibility index (Phi) is 3.01. The molecule has 0 fully saturated rings. The summed E-state index contributed by atoms with van der Waals surface area (Å²) < 4.78 is 16.5. The van der Waals surface area contributed by atoms with Crippen LogP contribution in [0.15, 0.2) is 59.5 Å². The zero-order chi connectivity index (χ0) is 16.0. The third-order valence-electron chi connectivity index (χ3n) is 4.05. The summed E-state index contributed by atoms with van der Waals surface area (Å²) in [5.41, 5.74) is 3.15. The van der Waals surface area contributed by atoms with Crippen LogP contribution in [0, 0.1) is 5.82 Å². The van der Waals surface area contributed by atoms with Crippen LogP contribution in [0.1, 0.15) is 5.56 Å². The van der Waals surface area contributed by atoms with Gasteiger partial charge in [0.25, 0.3) is 5.56 Å². The maximum atomic E-state index is 13.1. The lowest BCUT2D eigenvalue weighted by molar-refractivity contribution is 0.626. The van der Waals surface area contributed by atoms with Gasteiger partial charge in [0, 0.05) is 25.2 Å². The molecule has 4 rings (SSSR count). The van der Waals surface area contributed by atoms with Crippen LogP contribution in [-0.2, 0) is 13.6 Å². The van der Waals surface area contributed by atoms with Crippen molar-refractivity contribution < 1.29 is 4.39 Å². The summed E-state index contributed by atoms with van der Waals surface area (Å²) >= 11 is 0. The Labute approximate surface area is 131 Å². The van der Waals surface area contributed by atoms with Gasteiger partial charge in [0.1, 0.15) is 11.5 Å². The van der Waals surface area contributed by atoms with Crippen molar-refractivity contribution in [2.75, 3.05) is 0 Å². The number of fused-ring (bicyclic) bond motifs is 3. The standard InChI is InChI=1S/C18H14FN3O/c1-21-18(23)15-11-22(10-12-6-8-13(19)9-7-12)16-5-3-2-4-14(16)17(15)20-21/h2-9,11H,10H2,1H3. The van der Waals surface area contributed by atoms with E-state index >= 15 is 0 Å². The number of rotatable bonds is 2. The van der Waals surface area contributed by atoms with E-state index < -0.39 is 0 Å². The van der Waals surface area contributed by atoms with Gasteiger partial charge in [0.2, 0.25) is 0 Å². The molecular weight excluding hydrogens is 293 g/mol. The number of aryl methyl sites for hydroxylation is 1. The van der Waals surface area contributed by atoms with Crippen molar-refractivity contribution in [1.82, 2.24) is 14.3 Å². The minimum atomic E-state index is -0.256. The van der Waals surface area contributed by atoms with Crippen LogP contribution in [0.4, 0.5) is 4.39 Å². The molecule has 0 aromatic heterocycles. The fourth-order valence-electron chi connectivity index (χ4n) is 2.91. The Morgan fingerprint density at radius 3 is 2.61 bits per heavy atom. The lowest BCUT2D eigenvalue weighted by Gasteiger charge is -2.13. The van der Waals surface area contributed by atoms with E-state index in [0.29, 0.717) is 17.8 Å². The van der Waals surface area contributed by atoms with Gasteiger partial charge in [-0.2, -0.15) is 5.10 Å². The highest BCUT2D eigenvalue weighted by molar-refractivity contribution is 5.93. The zero-order valence-electron chi connectivity index (χ0n) is 12.5. The van der Waals surface area contributed by atoms with E-state index in [4.69, 9.17) is 0 Å². The van der Waals surface area contributed by atoms with E-state index in [-0.39, 0.29) is 11.4 Å². The van der Waals surface area contributed by atoms with Crippen molar-refractivity contribution in [2.45, 2.75) is 6.54 Å². The number of para-hydroxylation sites is 1. The molecule has 4 nitrogen and oxygen atoms in total. The largest absolute Gasteiger partial charge is 0.342 e. The van der Waals surface area contributed by atoms with Gasteiger partial charge in [0.05, 0.1) is 11.1 Å². The third kappa shape index (κ3) is 2.21. The van der Waals surface area contributed by atoms with Gasteiger partial charge < -0.3 is 4.57 Å². The summed E-state index contributed by atoms with van der Waals surface area (Å²) in [5, 5.41) is 5.28. The third-order valence-corrected chi connectivity index (χ3v) is 4.05. The van der Waals surface area contributed by atoms with Crippen LogP contribution in [0.2, 0.25) is 0 Å². The predicted octanol–water partition coefficient (Wildman–Crippen LogP) is 3.03. The molecule has 2 aliphatic rings. The number of aromatic nitrogens is 3. The first kappa shape index (κ1) is 13.7. The molecule has 0 N–H and O–H groups in total. The highest BCUT2D eigenvalue weighted by Gasteiger charge is 2.18. The Bertz CT molecular complexity index is 1030. The van der Waals surface area contributed by atoms with Crippen molar-refractivity contribution in [1.29, 1.82) is 0 Å². The first-order valence-electron chi connectivity index (χ1n) is 7.33. The molecule has 0 atom stereocenters. The van der Waals surface area contributed by atoms with E-state index in [1.807, 2.05) is 35.0 Å². The van der Waals surface area contributed by atoms with E-state index in [2.05, 4.69) is 5.10 Å². The van der Waals surface area contributed by atoms with E-state index in [1.54, 1.807) is 19.2 Å². The van der Waals surface area contributed by atoms with Crippen molar-refractivity contribution in [3.05, 3.63) is 76.5 Å². The molecular formula is C18H14FN3O. The van der Waals surface area contributed by atoms with Crippen LogP contribution in [0.25, 0.3) is 22.2 Å². The Hall–Kier alpha value is -2.95. The molecule has 0 bridgehead atoms. The monoisotopic (exact) mass is 307 g/mol. The quantitative estimate of drug-likeness (QED) is 0.571. The average molecular weight is 307 g/mol. The number of pyridine rings is 1. The first-order chi connectivity index (χ1) is 11.1. The van der Waals surface area contributed by atoms with Crippen molar-refractivity contribution in [2.24, 2.45) is 7.05 Å². The predicted molar refractivity (Wildman–Crippen MR) is 87.1 cm³/mol. The number of hydrogen-bond donors (Lipinski definition) is 0. The van der Waals surface area contributed by atoms with Gasteiger partial charge in [-0.05, 0) is 23.8 Å². The smallest absolute Gasteiger partial charge is 0.277 e. The zero-order valence-corrected chi connectivity index (χ0v) is 12.5. The Morgan fingerprint density at radius 2 is 1.83 bits per heavy atom.